The number of hydrogen-bond donors (Lipinski definition) is 0. The van der Waals surface area contributed by atoms with E-state index in [0.717, 1.165) is 38.6 Å². The SMILES string of the molecule is c1ccc(-c2ccc(Oc3c4ccccc4c(-c4cccc5ccccc45)c4cnccc34)cc2)cc1. The van der Waals surface area contributed by atoms with Crippen LogP contribution >= 0.6 is 0 Å². The van der Waals surface area contributed by atoms with Gasteiger partial charge >= 0.3 is 0 Å². The summed E-state index contributed by atoms with van der Waals surface area (Å²) in [6.07, 6.45) is 3.81. The number of benzene rings is 6. The fourth-order valence-corrected chi connectivity index (χ4v) is 5.29. The van der Waals surface area contributed by atoms with Crippen LogP contribution in [0.3, 0.4) is 0 Å². The van der Waals surface area contributed by atoms with Gasteiger partial charge in [-0.2, -0.15) is 0 Å². The average molecular weight is 474 g/mol. The quantitative estimate of drug-likeness (QED) is 0.237. The van der Waals surface area contributed by atoms with Crippen LogP contribution < -0.4 is 4.74 Å². The van der Waals surface area contributed by atoms with E-state index in [2.05, 4.69) is 114 Å². The first-order valence-corrected chi connectivity index (χ1v) is 12.5. The number of fused-ring (bicyclic) bond motifs is 3. The minimum absolute atomic E-state index is 0.806. The molecule has 0 saturated carbocycles. The van der Waals surface area contributed by atoms with Gasteiger partial charge < -0.3 is 4.74 Å². The lowest BCUT2D eigenvalue weighted by Gasteiger charge is -2.18. The lowest BCUT2D eigenvalue weighted by Crippen LogP contribution is -1.93. The largest absolute Gasteiger partial charge is 0.456 e. The van der Waals surface area contributed by atoms with Gasteiger partial charge in [0, 0.05) is 28.6 Å². The number of ether oxygens (including phenoxy) is 1. The molecule has 0 bridgehead atoms. The molecule has 0 fully saturated rings. The smallest absolute Gasteiger partial charge is 0.143 e. The van der Waals surface area contributed by atoms with Crippen molar-refractivity contribution in [2.75, 3.05) is 0 Å². The summed E-state index contributed by atoms with van der Waals surface area (Å²) in [5.74, 6) is 1.66. The maximum Gasteiger partial charge on any atom is 0.143 e. The van der Waals surface area contributed by atoms with Crippen LogP contribution in [0.1, 0.15) is 0 Å². The van der Waals surface area contributed by atoms with E-state index in [1.54, 1.807) is 0 Å². The van der Waals surface area contributed by atoms with Gasteiger partial charge in [0.15, 0.2) is 0 Å². The second-order valence-electron chi connectivity index (χ2n) is 9.19. The Bertz CT molecular complexity index is 1830. The second kappa shape index (κ2) is 8.92. The number of rotatable bonds is 4. The highest BCUT2D eigenvalue weighted by molar-refractivity contribution is 6.19. The summed E-state index contributed by atoms with van der Waals surface area (Å²) >= 11 is 0. The third-order valence-electron chi connectivity index (χ3n) is 7.02. The zero-order valence-corrected chi connectivity index (χ0v) is 20.1. The van der Waals surface area contributed by atoms with Crippen LogP contribution in [0.25, 0.3) is 54.6 Å². The fraction of sp³-hybridized carbons (Fsp3) is 0. The molecule has 0 spiro atoms. The maximum atomic E-state index is 6.65. The van der Waals surface area contributed by atoms with Crippen molar-refractivity contribution in [2.45, 2.75) is 0 Å². The van der Waals surface area contributed by atoms with Gasteiger partial charge in [-0.25, -0.2) is 0 Å². The van der Waals surface area contributed by atoms with Crippen LogP contribution in [0.4, 0.5) is 0 Å². The first-order chi connectivity index (χ1) is 18.4. The van der Waals surface area contributed by atoms with E-state index < -0.39 is 0 Å². The van der Waals surface area contributed by atoms with Gasteiger partial charge in [0.25, 0.3) is 0 Å². The van der Waals surface area contributed by atoms with Gasteiger partial charge in [-0.15, -0.1) is 0 Å². The van der Waals surface area contributed by atoms with Crippen LogP contribution in [0.5, 0.6) is 11.5 Å². The van der Waals surface area contributed by atoms with Gasteiger partial charge in [-0.1, -0.05) is 109 Å². The molecule has 0 aliphatic carbocycles. The molecule has 2 nitrogen and oxygen atoms in total. The minimum atomic E-state index is 0.806. The predicted molar refractivity (Wildman–Crippen MR) is 154 cm³/mol. The molecule has 1 heterocycles. The third kappa shape index (κ3) is 3.71. The van der Waals surface area contributed by atoms with Crippen molar-refractivity contribution in [3.05, 3.63) is 140 Å². The maximum absolute atomic E-state index is 6.65. The second-order valence-corrected chi connectivity index (χ2v) is 9.19. The van der Waals surface area contributed by atoms with Crippen LogP contribution in [0.15, 0.2) is 140 Å². The summed E-state index contributed by atoms with van der Waals surface area (Å²) < 4.78 is 6.65. The molecule has 174 valence electrons. The number of pyridine rings is 1. The molecule has 2 heteroatoms. The van der Waals surface area contributed by atoms with Crippen molar-refractivity contribution in [3.8, 4) is 33.8 Å². The molecule has 37 heavy (non-hydrogen) atoms. The van der Waals surface area contributed by atoms with E-state index in [1.807, 2.05) is 30.6 Å². The molecule has 0 aliphatic heterocycles. The molecule has 0 atom stereocenters. The van der Waals surface area contributed by atoms with E-state index in [1.165, 1.54) is 27.5 Å². The highest BCUT2D eigenvalue weighted by Gasteiger charge is 2.18. The van der Waals surface area contributed by atoms with Crippen molar-refractivity contribution >= 4 is 32.3 Å². The Labute approximate surface area is 215 Å². The zero-order valence-electron chi connectivity index (χ0n) is 20.1. The molecular formula is C35H23NO. The van der Waals surface area contributed by atoms with E-state index >= 15 is 0 Å². The average Bonchev–Trinajstić information content (AvgIpc) is 2.98. The molecule has 7 rings (SSSR count). The molecule has 0 unspecified atom stereocenters. The molecule has 1 aromatic heterocycles. The molecular weight excluding hydrogens is 450 g/mol. The fourth-order valence-electron chi connectivity index (χ4n) is 5.29. The molecule has 0 N–H and O–H groups in total. The predicted octanol–water partition coefficient (Wildman–Crippen LogP) is 9.67. The number of aromatic nitrogens is 1. The molecule has 6 aromatic carbocycles. The van der Waals surface area contributed by atoms with Gasteiger partial charge in [-0.05, 0) is 56.6 Å². The highest BCUT2D eigenvalue weighted by atomic mass is 16.5. The Morgan fingerprint density at radius 1 is 0.459 bits per heavy atom. The van der Waals surface area contributed by atoms with Crippen LogP contribution in [-0.2, 0) is 0 Å². The summed E-state index contributed by atoms with van der Waals surface area (Å²) in [5, 5.41) is 6.80. The molecule has 0 aliphatic rings. The highest BCUT2D eigenvalue weighted by Crippen LogP contribution is 2.45. The zero-order chi connectivity index (χ0) is 24.6. The van der Waals surface area contributed by atoms with E-state index in [4.69, 9.17) is 4.74 Å². The summed E-state index contributed by atoms with van der Waals surface area (Å²) in [6, 6.07) is 44.3. The lowest BCUT2D eigenvalue weighted by molar-refractivity contribution is 0.494. The van der Waals surface area contributed by atoms with Crippen LogP contribution in [0, 0.1) is 0 Å². The number of hydrogen-bond acceptors (Lipinski definition) is 2. The molecule has 0 amide bonds. The van der Waals surface area contributed by atoms with Gasteiger partial charge in [0.1, 0.15) is 11.5 Å². The van der Waals surface area contributed by atoms with E-state index in [0.29, 0.717) is 0 Å². The van der Waals surface area contributed by atoms with Gasteiger partial charge in [-0.3, -0.25) is 4.98 Å². The summed E-state index contributed by atoms with van der Waals surface area (Å²) in [6.45, 7) is 0. The monoisotopic (exact) mass is 473 g/mol. The normalized spacial score (nSPS) is 11.2. The Kier molecular flexibility index (Phi) is 5.15. The Balaban J connectivity index is 1.44. The Morgan fingerprint density at radius 3 is 1.95 bits per heavy atom. The summed E-state index contributed by atoms with van der Waals surface area (Å²) in [5.41, 5.74) is 4.74. The van der Waals surface area contributed by atoms with E-state index in [9.17, 15) is 0 Å². The molecule has 0 radical (unpaired) electrons. The standard InChI is InChI=1S/C35H23NO/c1-2-9-24(10-3-1)25-17-19-27(20-18-25)37-35-31-15-7-6-14-30(31)34(33-23-36-22-21-32(33)35)29-16-8-12-26-11-4-5-13-28(26)29/h1-23H. The van der Waals surface area contributed by atoms with Gasteiger partial charge in [0.05, 0.1) is 0 Å². The van der Waals surface area contributed by atoms with Crippen molar-refractivity contribution < 1.29 is 4.74 Å². The van der Waals surface area contributed by atoms with E-state index in [-0.39, 0.29) is 0 Å². The van der Waals surface area contributed by atoms with Crippen molar-refractivity contribution in [1.82, 2.24) is 4.98 Å². The van der Waals surface area contributed by atoms with Crippen LogP contribution in [-0.4, -0.2) is 4.98 Å². The summed E-state index contributed by atoms with van der Waals surface area (Å²) in [4.78, 5) is 4.52. The number of nitrogens with zero attached hydrogens (tertiary/aromatic N) is 1. The topological polar surface area (TPSA) is 22.1 Å². The Morgan fingerprint density at radius 2 is 1.11 bits per heavy atom. The Hall–Kier alpha value is -4.95. The first-order valence-electron chi connectivity index (χ1n) is 12.5. The van der Waals surface area contributed by atoms with Crippen molar-refractivity contribution in [3.63, 3.8) is 0 Å². The molecule has 0 saturated heterocycles. The van der Waals surface area contributed by atoms with Crippen LogP contribution in [0.2, 0.25) is 0 Å². The van der Waals surface area contributed by atoms with Crippen molar-refractivity contribution in [1.29, 1.82) is 0 Å². The lowest BCUT2D eigenvalue weighted by atomic mass is 9.89. The van der Waals surface area contributed by atoms with Crippen molar-refractivity contribution in [2.24, 2.45) is 0 Å². The minimum Gasteiger partial charge on any atom is -0.456 e. The summed E-state index contributed by atoms with van der Waals surface area (Å²) in [7, 11) is 0. The molecule has 7 aromatic rings. The third-order valence-corrected chi connectivity index (χ3v) is 7.02. The first kappa shape index (κ1) is 21.3. The van der Waals surface area contributed by atoms with Gasteiger partial charge in [0.2, 0.25) is 0 Å².